The van der Waals surface area contributed by atoms with E-state index in [1.54, 1.807) is 19.2 Å². The second-order valence-corrected chi connectivity index (χ2v) is 6.63. The molecule has 0 saturated heterocycles. The summed E-state index contributed by atoms with van der Waals surface area (Å²) in [6, 6.07) is 9.93. The van der Waals surface area contributed by atoms with Gasteiger partial charge < -0.3 is 19.5 Å². The van der Waals surface area contributed by atoms with Crippen LogP contribution in [0.15, 0.2) is 36.4 Å². The Bertz CT molecular complexity index is 1100. The molecular formula is C20H16FN3O4. The average molecular weight is 381 g/mol. The SMILES string of the molecule is COc1cc(C2CC(=O)Nc3n[nH]c(-c4cccc(F)c4)c32)cc2c1OCO2. The number of ether oxygens (including phenoxy) is 3. The van der Waals surface area contributed by atoms with Gasteiger partial charge in [-0.2, -0.15) is 5.10 Å². The largest absolute Gasteiger partial charge is 0.493 e. The number of benzene rings is 2. The number of H-pyrrole nitrogens is 1. The fourth-order valence-electron chi connectivity index (χ4n) is 3.76. The van der Waals surface area contributed by atoms with Gasteiger partial charge in [-0.15, -0.1) is 0 Å². The van der Waals surface area contributed by atoms with E-state index < -0.39 is 0 Å². The zero-order chi connectivity index (χ0) is 19.3. The zero-order valence-corrected chi connectivity index (χ0v) is 14.9. The van der Waals surface area contributed by atoms with E-state index in [-0.39, 0.29) is 30.9 Å². The molecule has 7 nitrogen and oxygen atoms in total. The first kappa shape index (κ1) is 16.6. The van der Waals surface area contributed by atoms with E-state index in [1.165, 1.54) is 12.1 Å². The van der Waals surface area contributed by atoms with Gasteiger partial charge in [-0.25, -0.2) is 4.39 Å². The number of aromatic amines is 1. The summed E-state index contributed by atoms with van der Waals surface area (Å²) in [6.45, 7) is 0.117. The van der Waals surface area contributed by atoms with E-state index in [2.05, 4.69) is 15.5 Å². The van der Waals surface area contributed by atoms with Crippen molar-refractivity contribution in [3.8, 4) is 28.5 Å². The summed E-state index contributed by atoms with van der Waals surface area (Å²) >= 11 is 0. The summed E-state index contributed by atoms with van der Waals surface area (Å²) in [5.41, 5.74) is 2.95. The molecule has 0 aliphatic carbocycles. The molecule has 5 rings (SSSR count). The van der Waals surface area contributed by atoms with Crippen molar-refractivity contribution in [2.24, 2.45) is 0 Å². The third kappa shape index (κ3) is 2.57. The lowest BCUT2D eigenvalue weighted by atomic mass is 9.84. The second-order valence-electron chi connectivity index (χ2n) is 6.63. The Morgan fingerprint density at radius 3 is 2.96 bits per heavy atom. The first-order valence-corrected chi connectivity index (χ1v) is 8.75. The Morgan fingerprint density at radius 1 is 1.25 bits per heavy atom. The maximum absolute atomic E-state index is 13.8. The van der Waals surface area contributed by atoms with Crippen LogP contribution in [0, 0.1) is 5.82 Å². The molecule has 2 aliphatic heterocycles. The molecule has 3 aromatic rings. The van der Waals surface area contributed by atoms with Gasteiger partial charge in [0.2, 0.25) is 18.4 Å². The maximum atomic E-state index is 13.8. The minimum atomic E-state index is -0.345. The fourth-order valence-corrected chi connectivity index (χ4v) is 3.76. The van der Waals surface area contributed by atoms with Crippen molar-refractivity contribution in [1.82, 2.24) is 10.2 Å². The lowest BCUT2D eigenvalue weighted by Gasteiger charge is -2.24. The van der Waals surface area contributed by atoms with Gasteiger partial charge in [0.05, 0.1) is 12.8 Å². The molecule has 0 spiro atoms. The summed E-state index contributed by atoms with van der Waals surface area (Å²) in [7, 11) is 1.55. The highest BCUT2D eigenvalue weighted by Crippen LogP contribution is 2.48. The highest BCUT2D eigenvalue weighted by atomic mass is 19.1. The van der Waals surface area contributed by atoms with Crippen LogP contribution >= 0.6 is 0 Å². The molecular weight excluding hydrogens is 365 g/mol. The first-order chi connectivity index (χ1) is 13.6. The fraction of sp³-hybridized carbons (Fsp3) is 0.200. The van der Waals surface area contributed by atoms with Crippen LogP contribution in [-0.4, -0.2) is 30.0 Å². The van der Waals surface area contributed by atoms with E-state index in [0.717, 1.165) is 11.1 Å². The third-order valence-electron chi connectivity index (χ3n) is 5.00. The number of anilines is 1. The van der Waals surface area contributed by atoms with Gasteiger partial charge in [-0.05, 0) is 29.8 Å². The quantitative estimate of drug-likeness (QED) is 0.726. The van der Waals surface area contributed by atoms with Crippen LogP contribution in [0.2, 0.25) is 0 Å². The molecule has 1 unspecified atom stereocenters. The normalized spacial score (nSPS) is 17.2. The molecule has 1 amide bonds. The molecule has 2 aliphatic rings. The molecule has 2 aromatic carbocycles. The Balaban J connectivity index is 1.67. The smallest absolute Gasteiger partial charge is 0.231 e. The summed E-state index contributed by atoms with van der Waals surface area (Å²) in [6.07, 6.45) is 0.220. The molecule has 2 N–H and O–H groups in total. The molecule has 28 heavy (non-hydrogen) atoms. The zero-order valence-electron chi connectivity index (χ0n) is 14.9. The van der Waals surface area contributed by atoms with Gasteiger partial charge in [-0.1, -0.05) is 12.1 Å². The lowest BCUT2D eigenvalue weighted by Crippen LogP contribution is -2.23. The van der Waals surface area contributed by atoms with Crippen LogP contribution in [0.3, 0.4) is 0 Å². The number of carbonyl (C=O) groups excluding carboxylic acids is 1. The minimum absolute atomic E-state index is 0.117. The predicted octanol–water partition coefficient (Wildman–Crippen LogP) is 3.43. The van der Waals surface area contributed by atoms with Crippen LogP contribution in [0.1, 0.15) is 23.5 Å². The first-order valence-electron chi connectivity index (χ1n) is 8.75. The lowest BCUT2D eigenvalue weighted by molar-refractivity contribution is -0.116. The number of rotatable bonds is 3. The average Bonchev–Trinajstić information content (AvgIpc) is 3.33. The molecule has 1 atom stereocenters. The van der Waals surface area contributed by atoms with E-state index in [1.807, 2.05) is 12.1 Å². The number of fused-ring (bicyclic) bond motifs is 2. The Kier molecular flexibility index (Phi) is 3.71. The highest BCUT2D eigenvalue weighted by molar-refractivity contribution is 5.96. The Hall–Kier alpha value is -3.55. The molecule has 8 heteroatoms. The monoisotopic (exact) mass is 381 g/mol. The van der Waals surface area contributed by atoms with Gasteiger partial charge in [-0.3, -0.25) is 9.89 Å². The number of hydrogen-bond acceptors (Lipinski definition) is 5. The van der Waals surface area contributed by atoms with Gasteiger partial charge in [0.1, 0.15) is 5.82 Å². The number of amides is 1. The maximum Gasteiger partial charge on any atom is 0.231 e. The molecule has 3 heterocycles. The van der Waals surface area contributed by atoms with Crippen molar-refractivity contribution in [2.75, 3.05) is 19.2 Å². The number of hydrogen-bond donors (Lipinski definition) is 2. The van der Waals surface area contributed by atoms with Crippen molar-refractivity contribution in [3.05, 3.63) is 53.3 Å². The van der Waals surface area contributed by atoms with Crippen LogP contribution in [-0.2, 0) is 4.79 Å². The number of halogens is 1. The van der Waals surface area contributed by atoms with Gasteiger partial charge >= 0.3 is 0 Å². The molecule has 1 aromatic heterocycles. The van der Waals surface area contributed by atoms with Crippen molar-refractivity contribution in [1.29, 1.82) is 0 Å². The van der Waals surface area contributed by atoms with E-state index in [9.17, 15) is 9.18 Å². The van der Waals surface area contributed by atoms with Crippen LogP contribution in [0.25, 0.3) is 11.3 Å². The Morgan fingerprint density at radius 2 is 2.14 bits per heavy atom. The van der Waals surface area contributed by atoms with E-state index in [4.69, 9.17) is 14.2 Å². The Labute approximate surface area is 159 Å². The number of aromatic nitrogens is 2. The molecule has 0 fully saturated rings. The van der Waals surface area contributed by atoms with Crippen molar-refractivity contribution >= 4 is 11.7 Å². The van der Waals surface area contributed by atoms with E-state index >= 15 is 0 Å². The predicted molar refractivity (Wildman–Crippen MR) is 98.2 cm³/mol. The standard InChI is InChI=1S/C20H16FN3O4/c1-26-14-6-11(7-15-19(14)28-9-27-15)13-8-16(25)22-20-17(13)18(23-24-20)10-3-2-4-12(21)5-10/h2-7,13H,8-9H2,1H3,(H2,22,23,24,25). The summed E-state index contributed by atoms with van der Waals surface area (Å²) in [5, 5.41) is 9.96. The molecule has 0 bridgehead atoms. The molecule has 0 radical (unpaired) electrons. The van der Waals surface area contributed by atoms with E-state index in [0.29, 0.717) is 34.3 Å². The number of nitrogens with zero attached hydrogens (tertiary/aromatic N) is 1. The summed E-state index contributed by atoms with van der Waals surface area (Å²) < 4.78 is 30.2. The molecule has 142 valence electrons. The van der Waals surface area contributed by atoms with Crippen LogP contribution in [0.4, 0.5) is 10.2 Å². The van der Waals surface area contributed by atoms with Crippen LogP contribution < -0.4 is 19.5 Å². The van der Waals surface area contributed by atoms with Gasteiger partial charge in [0.15, 0.2) is 17.3 Å². The minimum Gasteiger partial charge on any atom is -0.493 e. The molecule has 0 saturated carbocycles. The van der Waals surface area contributed by atoms with Gasteiger partial charge in [0, 0.05) is 23.5 Å². The highest BCUT2D eigenvalue weighted by Gasteiger charge is 2.34. The third-order valence-corrected chi connectivity index (χ3v) is 5.00. The summed E-state index contributed by atoms with van der Waals surface area (Å²) in [5.74, 6) is 1.30. The number of nitrogens with one attached hydrogen (secondary N) is 2. The van der Waals surface area contributed by atoms with Crippen molar-refractivity contribution in [3.63, 3.8) is 0 Å². The second kappa shape index (κ2) is 6.26. The number of methoxy groups -OCH3 is 1. The van der Waals surface area contributed by atoms with Crippen molar-refractivity contribution in [2.45, 2.75) is 12.3 Å². The number of carbonyl (C=O) groups is 1. The topological polar surface area (TPSA) is 85.5 Å². The van der Waals surface area contributed by atoms with Crippen LogP contribution in [0.5, 0.6) is 17.2 Å². The van der Waals surface area contributed by atoms with Crippen molar-refractivity contribution < 1.29 is 23.4 Å². The summed E-state index contributed by atoms with van der Waals surface area (Å²) in [4.78, 5) is 12.3. The van der Waals surface area contributed by atoms with Gasteiger partial charge in [0.25, 0.3) is 0 Å².